The summed E-state index contributed by atoms with van der Waals surface area (Å²) in [5.41, 5.74) is 4.08. The monoisotopic (exact) mass is 196 g/mol. The Hall–Kier alpha value is -1.01. The fourth-order valence-corrected chi connectivity index (χ4v) is 2.25. The van der Waals surface area contributed by atoms with E-state index in [9.17, 15) is 0 Å². The van der Waals surface area contributed by atoms with Gasteiger partial charge in [-0.15, -0.1) is 0 Å². The molecule has 60 valence electrons. The van der Waals surface area contributed by atoms with Gasteiger partial charge in [0.05, 0.1) is 35.2 Å². The maximum absolute atomic E-state index is 4.15. The van der Waals surface area contributed by atoms with Gasteiger partial charge in [-0.05, 0) is 12.1 Å². The molecular formula is C6H4N4S2. The summed E-state index contributed by atoms with van der Waals surface area (Å²) in [4.78, 5) is 0. The Bertz CT molecular complexity index is 400. The Balaban J connectivity index is 2.38. The molecule has 2 heterocycles. The first-order valence-electron chi connectivity index (χ1n) is 3.38. The summed E-state index contributed by atoms with van der Waals surface area (Å²) in [7, 11) is 0. The standard InChI is InChI=1S/C6H4N4S2/c1-3-5(9-11-7-3)2-6-4(1)8-12-10-6/h1-2,7,9H. The molecule has 0 saturated heterocycles. The lowest BCUT2D eigenvalue weighted by molar-refractivity contribution is 1.64. The Morgan fingerprint density at radius 2 is 1.58 bits per heavy atom. The second-order valence-corrected chi connectivity index (χ2v) is 3.60. The SMILES string of the molecule is c1c2c(cc3nsnc13)NSN2. The lowest BCUT2D eigenvalue weighted by atomic mass is 10.2. The highest BCUT2D eigenvalue weighted by atomic mass is 32.2. The molecule has 1 aromatic carbocycles. The molecule has 2 N–H and O–H groups in total. The number of hydrogen-bond donors (Lipinski definition) is 2. The van der Waals surface area contributed by atoms with E-state index >= 15 is 0 Å². The summed E-state index contributed by atoms with van der Waals surface area (Å²) in [5, 5.41) is 0. The summed E-state index contributed by atoms with van der Waals surface area (Å²) >= 11 is 2.71. The maximum atomic E-state index is 4.15. The first kappa shape index (κ1) is 6.50. The van der Waals surface area contributed by atoms with Crippen LogP contribution in [0.15, 0.2) is 12.1 Å². The molecule has 0 spiro atoms. The molecule has 12 heavy (non-hydrogen) atoms. The summed E-state index contributed by atoms with van der Waals surface area (Å²) in [6, 6.07) is 4.00. The maximum Gasteiger partial charge on any atom is 0.107 e. The Morgan fingerprint density at radius 1 is 1.00 bits per heavy atom. The van der Waals surface area contributed by atoms with Gasteiger partial charge in [0, 0.05) is 0 Å². The zero-order chi connectivity index (χ0) is 7.97. The zero-order valence-electron chi connectivity index (χ0n) is 5.87. The van der Waals surface area contributed by atoms with Crippen LogP contribution in [-0.2, 0) is 0 Å². The van der Waals surface area contributed by atoms with Crippen molar-refractivity contribution in [1.82, 2.24) is 8.75 Å². The summed E-state index contributed by atoms with van der Waals surface area (Å²) in [6.45, 7) is 0. The predicted octanol–water partition coefficient (Wildman–Crippen LogP) is 2.09. The first-order chi connectivity index (χ1) is 5.93. The quantitative estimate of drug-likeness (QED) is 0.632. The molecule has 0 fully saturated rings. The van der Waals surface area contributed by atoms with E-state index < -0.39 is 0 Å². The third kappa shape index (κ3) is 0.788. The van der Waals surface area contributed by atoms with E-state index in [2.05, 4.69) is 18.2 Å². The van der Waals surface area contributed by atoms with Crippen molar-refractivity contribution in [3.63, 3.8) is 0 Å². The van der Waals surface area contributed by atoms with Gasteiger partial charge in [0.15, 0.2) is 0 Å². The minimum Gasteiger partial charge on any atom is -0.310 e. The highest BCUT2D eigenvalue weighted by Crippen LogP contribution is 2.35. The number of hydrogen-bond acceptors (Lipinski definition) is 6. The molecule has 3 rings (SSSR count). The van der Waals surface area contributed by atoms with Crippen LogP contribution in [0.5, 0.6) is 0 Å². The summed E-state index contributed by atoms with van der Waals surface area (Å²) in [5.74, 6) is 0. The van der Waals surface area contributed by atoms with Crippen LogP contribution in [0.4, 0.5) is 11.4 Å². The highest BCUT2D eigenvalue weighted by Gasteiger charge is 2.12. The molecule has 1 aliphatic heterocycles. The van der Waals surface area contributed by atoms with Crippen LogP contribution in [0.25, 0.3) is 11.0 Å². The van der Waals surface area contributed by atoms with E-state index in [1.165, 1.54) is 23.9 Å². The third-order valence-electron chi connectivity index (χ3n) is 1.72. The number of nitrogens with one attached hydrogen (secondary N) is 2. The molecular weight excluding hydrogens is 192 g/mol. The van der Waals surface area contributed by atoms with Crippen molar-refractivity contribution in [1.29, 1.82) is 0 Å². The van der Waals surface area contributed by atoms with E-state index in [0.29, 0.717) is 0 Å². The number of aromatic nitrogens is 2. The first-order valence-corrected chi connectivity index (χ1v) is 4.92. The van der Waals surface area contributed by atoms with E-state index in [0.717, 1.165) is 22.4 Å². The second-order valence-electron chi connectivity index (χ2n) is 2.46. The van der Waals surface area contributed by atoms with E-state index in [-0.39, 0.29) is 0 Å². The van der Waals surface area contributed by atoms with Crippen LogP contribution in [0.3, 0.4) is 0 Å². The fraction of sp³-hybridized carbons (Fsp3) is 0. The Kier molecular flexibility index (Phi) is 1.21. The molecule has 4 nitrogen and oxygen atoms in total. The number of benzene rings is 1. The topological polar surface area (TPSA) is 49.8 Å². The van der Waals surface area contributed by atoms with Crippen molar-refractivity contribution >= 4 is 46.3 Å². The zero-order valence-corrected chi connectivity index (χ0v) is 7.50. The number of fused-ring (bicyclic) bond motifs is 2. The van der Waals surface area contributed by atoms with Gasteiger partial charge in [0.25, 0.3) is 0 Å². The van der Waals surface area contributed by atoms with Crippen LogP contribution in [-0.4, -0.2) is 8.75 Å². The average molecular weight is 196 g/mol. The molecule has 1 aliphatic rings. The van der Waals surface area contributed by atoms with Gasteiger partial charge in [-0.1, -0.05) is 0 Å². The van der Waals surface area contributed by atoms with Crippen LogP contribution in [0.2, 0.25) is 0 Å². The van der Waals surface area contributed by atoms with E-state index in [1.807, 2.05) is 12.1 Å². The lowest BCUT2D eigenvalue weighted by Crippen LogP contribution is -1.77. The third-order valence-corrected chi connectivity index (χ3v) is 2.92. The summed E-state index contributed by atoms with van der Waals surface area (Å²) in [6.07, 6.45) is 0. The molecule has 0 unspecified atom stereocenters. The summed E-state index contributed by atoms with van der Waals surface area (Å²) < 4.78 is 14.5. The van der Waals surface area contributed by atoms with Crippen LogP contribution in [0.1, 0.15) is 0 Å². The minimum atomic E-state index is 0.954. The number of rotatable bonds is 0. The van der Waals surface area contributed by atoms with Crippen LogP contribution < -0.4 is 9.44 Å². The van der Waals surface area contributed by atoms with Gasteiger partial charge >= 0.3 is 0 Å². The fourth-order valence-electron chi connectivity index (χ4n) is 1.14. The average Bonchev–Trinajstić information content (AvgIpc) is 2.64. The molecule has 2 aromatic rings. The molecule has 0 radical (unpaired) electrons. The van der Waals surface area contributed by atoms with Gasteiger partial charge in [0.2, 0.25) is 0 Å². The largest absolute Gasteiger partial charge is 0.310 e. The normalized spacial score (nSPS) is 14.0. The molecule has 0 bridgehead atoms. The van der Waals surface area contributed by atoms with Gasteiger partial charge in [0.1, 0.15) is 11.0 Å². The molecule has 1 aromatic heterocycles. The number of anilines is 2. The number of nitrogens with zero attached hydrogens (tertiary/aromatic N) is 2. The van der Waals surface area contributed by atoms with Crippen molar-refractivity contribution < 1.29 is 0 Å². The van der Waals surface area contributed by atoms with Crippen LogP contribution >= 0.6 is 23.9 Å². The minimum absolute atomic E-state index is 0.954. The predicted molar refractivity (Wildman–Crippen MR) is 52.3 cm³/mol. The van der Waals surface area contributed by atoms with Gasteiger partial charge < -0.3 is 9.44 Å². The van der Waals surface area contributed by atoms with Crippen LogP contribution in [0, 0.1) is 0 Å². The smallest absolute Gasteiger partial charge is 0.107 e. The Labute approximate surface area is 77.0 Å². The molecule has 0 atom stereocenters. The van der Waals surface area contributed by atoms with Gasteiger partial charge in [-0.2, -0.15) is 8.75 Å². The van der Waals surface area contributed by atoms with E-state index in [4.69, 9.17) is 0 Å². The highest BCUT2D eigenvalue weighted by molar-refractivity contribution is 8.02. The van der Waals surface area contributed by atoms with E-state index in [1.54, 1.807) is 0 Å². The van der Waals surface area contributed by atoms with Crippen molar-refractivity contribution in [2.75, 3.05) is 9.44 Å². The molecule has 6 heteroatoms. The van der Waals surface area contributed by atoms with Crippen molar-refractivity contribution in [3.8, 4) is 0 Å². The molecule has 0 aliphatic carbocycles. The molecule has 0 amide bonds. The molecule has 0 saturated carbocycles. The Morgan fingerprint density at radius 3 is 2.17 bits per heavy atom. The second kappa shape index (κ2) is 2.24. The van der Waals surface area contributed by atoms with Crippen molar-refractivity contribution in [3.05, 3.63) is 12.1 Å². The van der Waals surface area contributed by atoms with Gasteiger partial charge in [-0.25, -0.2) is 0 Å². The van der Waals surface area contributed by atoms with Crippen molar-refractivity contribution in [2.24, 2.45) is 0 Å². The van der Waals surface area contributed by atoms with Gasteiger partial charge in [-0.3, -0.25) is 0 Å². The van der Waals surface area contributed by atoms with Crippen molar-refractivity contribution in [2.45, 2.75) is 0 Å². The lowest BCUT2D eigenvalue weighted by Gasteiger charge is -1.94.